The SMILES string of the molecule is CC(C)(C)OC(=O)N1C2C=C(c3ccc(C=O)cc3)CC1CCC2. The van der Waals surface area contributed by atoms with Crippen LogP contribution in [0, 0.1) is 0 Å². The maximum atomic E-state index is 12.6. The molecule has 0 saturated carbocycles. The Morgan fingerprint density at radius 1 is 1.21 bits per heavy atom. The number of aldehydes is 1. The zero-order valence-corrected chi connectivity index (χ0v) is 14.6. The standard InChI is InChI=1S/C20H25NO3/c1-20(2,3)24-19(23)21-17-5-4-6-18(21)12-16(11-17)15-9-7-14(13-22)8-10-15/h7-11,13,17-18H,4-6,12H2,1-3H3. The number of nitrogens with zero attached hydrogens (tertiary/aromatic N) is 1. The molecule has 1 aromatic carbocycles. The summed E-state index contributed by atoms with van der Waals surface area (Å²) in [5.41, 5.74) is 2.62. The van der Waals surface area contributed by atoms with Gasteiger partial charge in [0.1, 0.15) is 11.9 Å². The van der Waals surface area contributed by atoms with Gasteiger partial charge >= 0.3 is 6.09 Å². The van der Waals surface area contributed by atoms with Crippen molar-refractivity contribution in [1.82, 2.24) is 4.90 Å². The summed E-state index contributed by atoms with van der Waals surface area (Å²) in [5, 5.41) is 0. The number of piperidine rings is 1. The number of carbonyl (C=O) groups is 2. The Morgan fingerprint density at radius 2 is 1.92 bits per heavy atom. The van der Waals surface area contributed by atoms with E-state index in [2.05, 4.69) is 6.08 Å². The molecule has 2 aliphatic heterocycles. The molecule has 0 aliphatic carbocycles. The molecule has 1 amide bonds. The van der Waals surface area contributed by atoms with Crippen molar-refractivity contribution in [3.8, 4) is 0 Å². The predicted molar refractivity (Wildman–Crippen MR) is 93.9 cm³/mol. The predicted octanol–water partition coefficient (Wildman–Crippen LogP) is 4.44. The van der Waals surface area contributed by atoms with Gasteiger partial charge in [0.25, 0.3) is 0 Å². The van der Waals surface area contributed by atoms with Crippen molar-refractivity contribution >= 4 is 18.0 Å². The Hall–Kier alpha value is -2.10. The van der Waals surface area contributed by atoms with E-state index >= 15 is 0 Å². The fourth-order valence-corrected chi connectivity index (χ4v) is 3.62. The van der Waals surface area contributed by atoms with Crippen molar-refractivity contribution < 1.29 is 14.3 Å². The van der Waals surface area contributed by atoms with Gasteiger partial charge in [0.2, 0.25) is 0 Å². The van der Waals surface area contributed by atoms with Crippen molar-refractivity contribution in [3.05, 3.63) is 41.5 Å². The maximum Gasteiger partial charge on any atom is 0.411 e. The van der Waals surface area contributed by atoms with E-state index in [0.29, 0.717) is 5.56 Å². The van der Waals surface area contributed by atoms with E-state index in [0.717, 1.165) is 37.5 Å². The Morgan fingerprint density at radius 3 is 2.50 bits per heavy atom. The third kappa shape index (κ3) is 3.53. The van der Waals surface area contributed by atoms with Crippen LogP contribution in [-0.4, -0.2) is 35.0 Å². The van der Waals surface area contributed by atoms with E-state index in [-0.39, 0.29) is 18.2 Å². The molecule has 1 saturated heterocycles. The van der Waals surface area contributed by atoms with Gasteiger partial charge in [-0.05, 0) is 57.6 Å². The van der Waals surface area contributed by atoms with Crippen LogP contribution >= 0.6 is 0 Å². The minimum atomic E-state index is -0.472. The molecule has 1 aromatic rings. The highest BCUT2D eigenvalue weighted by molar-refractivity contribution is 5.78. The molecule has 4 heteroatoms. The lowest BCUT2D eigenvalue weighted by atomic mass is 9.83. The van der Waals surface area contributed by atoms with Crippen molar-refractivity contribution in [2.75, 3.05) is 0 Å². The first-order valence-electron chi connectivity index (χ1n) is 8.65. The third-order valence-corrected chi connectivity index (χ3v) is 4.66. The molecule has 2 unspecified atom stereocenters. The molecule has 2 heterocycles. The monoisotopic (exact) mass is 327 g/mol. The average Bonchev–Trinajstić information content (AvgIpc) is 2.52. The first kappa shape index (κ1) is 16.7. The number of hydrogen-bond donors (Lipinski definition) is 0. The van der Waals surface area contributed by atoms with Gasteiger partial charge in [0, 0.05) is 11.6 Å². The molecule has 2 bridgehead atoms. The van der Waals surface area contributed by atoms with Gasteiger partial charge in [-0.1, -0.05) is 30.3 Å². The molecule has 2 atom stereocenters. The molecular formula is C20H25NO3. The lowest BCUT2D eigenvalue weighted by Gasteiger charge is -2.45. The molecule has 3 rings (SSSR count). The average molecular weight is 327 g/mol. The summed E-state index contributed by atoms with van der Waals surface area (Å²) in [7, 11) is 0. The van der Waals surface area contributed by atoms with Crippen molar-refractivity contribution in [3.63, 3.8) is 0 Å². The van der Waals surface area contributed by atoms with Crippen LogP contribution < -0.4 is 0 Å². The van der Waals surface area contributed by atoms with Crippen molar-refractivity contribution in [2.24, 2.45) is 0 Å². The van der Waals surface area contributed by atoms with Gasteiger partial charge < -0.3 is 4.74 Å². The Kier molecular flexibility index (Phi) is 4.48. The van der Waals surface area contributed by atoms with Crippen LogP contribution in [0.4, 0.5) is 4.79 Å². The second-order valence-corrected chi connectivity index (χ2v) is 7.68. The van der Waals surface area contributed by atoms with E-state index in [1.165, 1.54) is 5.57 Å². The highest BCUT2D eigenvalue weighted by Gasteiger charge is 2.39. The van der Waals surface area contributed by atoms with Gasteiger partial charge in [-0.3, -0.25) is 9.69 Å². The number of benzene rings is 1. The quantitative estimate of drug-likeness (QED) is 0.754. The van der Waals surface area contributed by atoms with Crippen LogP contribution in [0.1, 0.15) is 62.4 Å². The van der Waals surface area contributed by atoms with Crippen molar-refractivity contribution in [1.29, 1.82) is 0 Å². The Labute approximate surface area is 143 Å². The van der Waals surface area contributed by atoms with Gasteiger partial charge in [-0.15, -0.1) is 0 Å². The highest BCUT2D eigenvalue weighted by atomic mass is 16.6. The topological polar surface area (TPSA) is 46.6 Å². The highest BCUT2D eigenvalue weighted by Crippen LogP contribution is 2.37. The summed E-state index contributed by atoms with van der Waals surface area (Å²) < 4.78 is 5.60. The zero-order valence-electron chi connectivity index (χ0n) is 14.6. The van der Waals surface area contributed by atoms with Crippen LogP contribution in [0.15, 0.2) is 30.3 Å². The van der Waals surface area contributed by atoms with Gasteiger partial charge in [0.15, 0.2) is 0 Å². The van der Waals surface area contributed by atoms with Crippen LogP contribution in [0.3, 0.4) is 0 Å². The summed E-state index contributed by atoms with van der Waals surface area (Å²) >= 11 is 0. The summed E-state index contributed by atoms with van der Waals surface area (Å²) in [6.07, 6.45) is 6.83. The van der Waals surface area contributed by atoms with Gasteiger partial charge in [-0.25, -0.2) is 4.79 Å². The van der Waals surface area contributed by atoms with Gasteiger partial charge in [-0.2, -0.15) is 0 Å². The molecule has 1 fully saturated rings. The minimum absolute atomic E-state index is 0.105. The minimum Gasteiger partial charge on any atom is -0.444 e. The number of amides is 1. The third-order valence-electron chi connectivity index (χ3n) is 4.66. The van der Waals surface area contributed by atoms with E-state index in [1.54, 1.807) is 0 Å². The number of fused-ring (bicyclic) bond motifs is 2. The second kappa shape index (κ2) is 6.42. The van der Waals surface area contributed by atoms with E-state index in [4.69, 9.17) is 4.74 Å². The molecule has 0 N–H and O–H groups in total. The second-order valence-electron chi connectivity index (χ2n) is 7.68. The first-order chi connectivity index (χ1) is 11.4. The molecular weight excluding hydrogens is 302 g/mol. The lowest BCUT2D eigenvalue weighted by molar-refractivity contribution is 0.0000784. The van der Waals surface area contributed by atoms with Crippen LogP contribution in [0.5, 0.6) is 0 Å². The molecule has 0 radical (unpaired) electrons. The number of carbonyl (C=O) groups excluding carboxylic acids is 2. The van der Waals surface area contributed by atoms with Crippen LogP contribution in [0.2, 0.25) is 0 Å². The number of ether oxygens (including phenoxy) is 1. The number of rotatable bonds is 2. The van der Waals surface area contributed by atoms with E-state index in [9.17, 15) is 9.59 Å². The molecule has 0 spiro atoms. The maximum absolute atomic E-state index is 12.6. The Bertz CT molecular complexity index is 654. The summed E-state index contributed by atoms with van der Waals surface area (Å²) in [5.74, 6) is 0. The number of hydrogen-bond acceptors (Lipinski definition) is 3. The molecule has 0 aromatic heterocycles. The van der Waals surface area contributed by atoms with E-state index < -0.39 is 5.60 Å². The van der Waals surface area contributed by atoms with Crippen molar-refractivity contribution in [2.45, 2.75) is 64.1 Å². The lowest BCUT2D eigenvalue weighted by Crippen LogP contribution is -2.53. The molecule has 128 valence electrons. The van der Waals surface area contributed by atoms with Crippen LogP contribution in [0.25, 0.3) is 5.57 Å². The zero-order chi connectivity index (χ0) is 17.3. The molecule has 4 nitrogen and oxygen atoms in total. The fraction of sp³-hybridized carbons (Fsp3) is 0.500. The molecule has 24 heavy (non-hydrogen) atoms. The Balaban J connectivity index is 1.84. The van der Waals surface area contributed by atoms with Gasteiger partial charge in [0.05, 0.1) is 6.04 Å². The first-order valence-corrected chi connectivity index (χ1v) is 8.65. The summed E-state index contributed by atoms with van der Waals surface area (Å²) in [4.78, 5) is 25.3. The summed E-state index contributed by atoms with van der Waals surface area (Å²) in [6.45, 7) is 5.71. The fourth-order valence-electron chi connectivity index (χ4n) is 3.62. The smallest absolute Gasteiger partial charge is 0.411 e. The van der Waals surface area contributed by atoms with E-state index in [1.807, 2.05) is 49.9 Å². The largest absolute Gasteiger partial charge is 0.444 e. The summed E-state index contributed by atoms with van der Waals surface area (Å²) in [6, 6.07) is 7.98. The molecule has 2 aliphatic rings. The normalized spacial score (nSPS) is 23.5. The van der Waals surface area contributed by atoms with Crippen LogP contribution in [-0.2, 0) is 4.74 Å².